The van der Waals surface area contributed by atoms with E-state index in [2.05, 4.69) is 0 Å². The topological polar surface area (TPSA) is 84.2 Å². The number of carbonyl (C=O) groups is 2. The number of fused-ring (bicyclic) bond motifs is 2. The summed E-state index contributed by atoms with van der Waals surface area (Å²) in [5.74, 6) is 1.27. The highest BCUT2D eigenvalue weighted by Crippen LogP contribution is 2.39. The molecule has 7 nitrogen and oxygen atoms in total. The Kier molecular flexibility index (Phi) is 3.87. The van der Waals surface area contributed by atoms with E-state index in [9.17, 15) is 9.59 Å². The molecule has 2 aliphatic heterocycles. The molecule has 144 valence electrons. The first-order chi connectivity index (χ1) is 14.1. The maximum absolute atomic E-state index is 12.8. The van der Waals surface area contributed by atoms with Gasteiger partial charge in [-0.3, -0.25) is 4.79 Å². The average molecular weight is 390 g/mol. The molecule has 0 fully saturated rings. The van der Waals surface area contributed by atoms with Crippen molar-refractivity contribution in [3.8, 4) is 23.0 Å². The van der Waals surface area contributed by atoms with Gasteiger partial charge in [0.15, 0.2) is 17.3 Å². The lowest BCUT2D eigenvalue weighted by atomic mass is 10.0. The van der Waals surface area contributed by atoms with Gasteiger partial charge in [-0.2, -0.15) is 0 Å². The minimum atomic E-state index is -0.630. The highest BCUT2D eigenvalue weighted by molar-refractivity contribution is 6.15. The third-order valence-electron chi connectivity index (χ3n) is 4.57. The van der Waals surface area contributed by atoms with Gasteiger partial charge in [0.05, 0.1) is 11.8 Å². The number of esters is 1. The SMILES string of the molecule is Cc1cc(OC(=O)c2ccco2)cc2c1C(=O)/C(=C/c1ccc3c(c1)OCO3)O2. The largest absolute Gasteiger partial charge is 0.457 e. The van der Waals surface area contributed by atoms with Crippen LogP contribution in [0.4, 0.5) is 0 Å². The summed E-state index contributed by atoms with van der Waals surface area (Å²) >= 11 is 0. The molecule has 2 aromatic carbocycles. The molecular formula is C22H14O7. The first-order valence-electron chi connectivity index (χ1n) is 8.83. The van der Waals surface area contributed by atoms with Crippen LogP contribution in [-0.4, -0.2) is 18.5 Å². The average Bonchev–Trinajstić information content (AvgIpc) is 3.43. The Morgan fingerprint density at radius 2 is 1.93 bits per heavy atom. The van der Waals surface area contributed by atoms with Gasteiger partial charge in [-0.15, -0.1) is 0 Å². The normalized spacial score (nSPS) is 15.3. The van der Waals surface area contributed by atoms with Gasteiger partial charge in [0.2, 0.25) is 18.3 Å². The highest BCUT2D eigenvalue weighted by atomic mass is 16.7. The Balaban J connectivity index is 1.43. The molecule has 3 heterocycles. The van der Waals surface area contributed by atoms with Gasteiger partial charge in [0, 0.05) is 6.07 Å². The summed E-state index contributed by atoms with van der Waals surface area (Å²) in [6.45, 7) is 1.93. The molecule has 0 bridgehead atoms. The van der Waals surface area contributed by atoms with Crippen molar-refractivity contribution in [3.05, 3.63) is 76.9 Å². The first-order valence-corrected chi connectivity index (χ1v) is 8.83. The number of ketones is 1. The van der Waals surface area contributed by atoms with E-state index in [1.807, 2.05) is 6.07 Å². The van der Waals surface area contributed by atoms with Crippen LogP contribution in [0, 0.1) is 6.92 Å². The molecule has 0 radical (unpaired) electrons. The van der Waals surface area contributed by atoms with E-state index in [0.717, 1.165) is 5.56 Å². The highest BCUT2D eigenvalue weighted by Gasteiger charge is 2.30. The Labute approximate surface area is 165 Å². The van der Waals surface area contributed by atoms with Crippen LogP contribution in [-0.2, 0) is 0 Å². The molecular weight excluding hydrogens is 376 g/mol. The zero-order chi connectivity index (χ0) is 20.0. The van der Waals surface area contributed by atoms with Crippen molar-refractivity contribution < 1.29 is 33.0 Å². The Morgan fingerprint density at radius 3 is 2.76 bits per heavy atom. The predicted molar refractivity (Wildman–Crippen MR) is 100 cm³/mol. The van der Waals surface area contributed by atoms with Crippen LogP contribution < -0.4 is 18.9 Å². The lowest BCUT2D eigenvalue weighted by Crippen LogP contribution is -2.07. The minimum Gasteiger partial charge on any atom is -0.457 e. The molecule has 7 heteroatoms. The van der Waals surface area contributed by atoms with Crippen molar-refractivity contribution in [2.24, 2.45) is 0 Å². The standard InChI is InChI=1S/C22H14O7/c1-12-7-14(28-22(24)16-3-2-6-25-16)10-18-20(12)21(23)19(29-18)9-13-4-5-15-17(8-13)27-11-26-15/h2-10H,11H2,1H3/b19-9-. The Hall–Kier alpha value is -4.00. The monoisotopic (exact) mass is 390 g/mol. The molecule has 0 saturated heterocycles. The van der Waals surface area contributed by atoms with Gasteiger partial charge in [-0.05, 0) is 54.5 Å². The summed E-state index contributed by atoms with van der Waals surface area (Å²) in [5.41, 5.74) is 1.83. The number of carbonyl (C=O) groups excluding carboxylic acids is 2. The molecule has 3 aromatic rings. The number of rotatable bonds is 3. The summed E-state index contributed by atoms with van der Waals surface area (Å²) in [6, 6.07) is 11.6. The molecule has 0 spiro atoms. The van der Waals surface area contributed by atoms with Crippen molar-refractivity contribution in [1.82, 2.24) is 0 Å². The van der Waals surface area contributed by atoms with Gasteiger partial charge in [0.1, 0.15) is 11.5 Å². The summed E-state index contributed by atoms with van der Waals surface area (Å²) in [7, 11) is 0. The van der Waals surface area contributed by atoms with Crippen LogP contribution in [0.15, 0.2) is 58.9 Å². The number of allylic oxidation sites excluding steroid dienone is 1. The Morgan fingerprint density at radius 1 is 1.07 bits per heavy atom. The molecule has 2 aliphatic rings. The maximum Gasteiger partial charge on any atom is 0.379 e. The summed E-state index contributed by atoms with van der Waals surface area (Å²) in [6.07, 6.45) is 3.03. The third kappa shape index (κ3) is 3.02. The number of Topliss-reactive ketones (excluding diaryl/α,β-unsaturated/α-hetero) is 1. The summed E-state index contributed by atoms with van der Waals surface area (Å²) in [5, 5.41) is 0. The number of ether oxygens (including phenoxy) is 4. The van der Waals surface area contributed by atoms with Crippen LogP contribution >= 0.6 is 0 Å². The molecule has 0 N–H and O–H groups in total. The number of hydrogen-bond donors (Lipinski definition) is 0. The fourth-order valence-electron chi connectivity index (χ4n) is 3.24. The van der Waals surface area contributed by atoms with Crippen molar-refractivity contribution in [3.63, 3.8) is 0 Å². The van der Waals surface area contributed by atoms with E-state index in [1.54, 1.807) is 37.3 Å². The second-order valence-corrected chi connectivity index (χ2v) is 6.53. The number of benzene rings is 2. The van der Waals surface area contributed by atoms with Crippen LogP contribution in [0.2, 0.25) is 0 Å². The van der Waals surface area contributed by atoms with Crippen LogP contribution in [0.25, 0.3) is 6.08 Å². The zero-order valence-electron chi connectivity index (χ0n) is 15.3. The van der Waals surface area contributed by atoms with Crippen LogP contribution in [0.1, 0.15) is 32.0 Å². The molecule has 29 heavy (non-hydrogen) atoms. The fraction of sp³-hybridized carbons (Fsp3) is 0.0909. The lowest BCUT2D eigenvalue weighted by molar-refractivity contribution is 0.0701. The van der Waals surface area contributed by atoms with E-state index < -0.39 is 5.97 Å². The van der Waals surface area contributed by atoms with Gasteiger partial charge >= 0.3 is 5.97 Å². The summed E-state index contributed by atoms with van der Waals surface area (Å²) in [4.78, 5) is 24.9. The zero-order valence-corrected chi connectivity index (χ0v) is 15.3. The molecule has 0 amide bonds. The number of furan rings is 1. The van der Waals surface area contributed by atoms with Crippen molar-refractivity contribution >= 4 is 17.8 Å². The van der Waals surface area contributed by atoms with Crippen molar-refractivity contribution in [2.45, 2.75) is 6.92 Å². The Bertz CT molecular complexity index is 1170. The van der Waals surface area contributed by atoms with Crippen molar-refractivity contribution in [2.75, 3.05) is 6.79 Å². The van der Waals surface area contributed by atoms with Gasteiger partial charge in [0.25, 0.3) is 0 Å². The van der Waals surface area contributed by atoms with Crippen LogP contribution in [0.3, 0.4) is 0 Å². The van der Waals surface area contributed by atoms with E-state index in [0.29, 0.717) is 28.4 Å². The molecule has 5 rings (SSSR count). The summed E-state index contributed by atoms with van der Waals surface area (Å²) < 4.78 is 26.8. The smallest absolute Gasteiger partial charge is 0.379 e. The van der Waals surface area contributed by atoms with Crippen LogP contribution in [0.5, 0.6) is 23.0 Å². The fourth-order valence-corrected chi connectivity index (χ4v) is 3.24. The van der Waals surface area contributed by atoms with Gasteiger partial charge in [-0.1, -0.05) is 6.07 Å². The molecule has 0 saturated carbocycles. The molecule has 1 aromatic heterocycles. The predicted octanol–water partition coefficient (Wildman–Crippen LogP) is 4.15. The number of hydrogen-bond acceptors (Lipinski definition) is 7. The first kappa shape index (κ1) is 17.1. The third-order valence-corrected chi connectivity index (χ3v) is 4.57. The number of aryl methyl sites for hydroxylation is 1. The van der Waals surface area contributed by atoms with Crippen molar-refractivity contribution in [1.29, 1.82) is 0 Å². The second-order valence-electron chi connectivity index (χ2n) is 6.53. The minimum absolute atomic E-state index is 0.0866. The van der Waals surface area contributed by atoms with Gasteiger partial charge < -0.3 is 23.4 Å². The quantitative estimate of drug-likeness (QED) is 0.377. The molecule has 0 aliphatic carbocycles. The van der Waals surface area contributed by atoms with E-state index in [-0.39, 0.29) is 29.8 Å². The van der Waals surface area contributed by atoms with Gasteiger partial charge in [-0.25, -0.2) is 4.79 Å². The van der Waals surface area contributed by atoms with E-state index in [4.69, 9.17) is 23.4 Å². The van der Waals surface area contributed by atoms with E-state index in [1.165, 1.54) is 18.4 Å². The molecule has 0 atom stereocenters. The maximum atomic E-state index is 12.8. The van der Waals surface area contributed by atoms with E-state index >= 15 is 0 Å². The second kappa shape index (κ2) is 6.56. The molecule has 0 unspecified atom stereocenters. The lowest BCUT2D eigenvalue weighted by Gasteiger charge is -2.06.